The number of pyridine rings is 1. The Bertz CT molecular complexity index is 654. The topological polar surface area (TPSA) is 85.1 Å². The number of carboxylic acid groups (broad SMARTS) is 1. The maximum atomic E-state index is 11.8. The lowest BCUT2D eigenvalue weighted by atomic mass is 10.3. The molecule has 0 unspecified atom stereocenters. The molecular formula is C11H8IN3O3. The van der Waals surface area contributed by atoms with Crippen LogP contribution >= 0.6 is 22.6 Å². The molecule has 2 heterocycles. The van der Waals surface area contributed by atoms with Crippen LogP contribution in [0.15, 0.2) is 35.5 Å². The third kappa shape index (κ3) is 2.73. The summed E-state index contributed by atoms with van der Waals surface area (Å²) in [7, 11) is 0. The normalized spacial score (nSPS) is 10.3. The quantitative estimate of drug-likeness (QED) is 0.829. The van der Waals surface area contributed by atoms with Crippen LogP contribution in [-0.2, 0) is 6.54 Å². The molecule has 0 aliphatic carbocycles. The zero-order valence-corrected chi connectivity index (χ0v) is 11.2. The van der Waals surface area contributed by atoms with E-state index in [0.717, 1.165) is 0 Å². The van der Waals surface area contributed by atoms with Crippen LogP contribution in [0.3, 0.4) is 0 Å². The van der Waals surface area contributed by atoms with Gasteiger partial charge in [0.05, 0.1) is 22.1 Å². The summed E-state index contributed by atoms with van der Waals surface area (Å²) in [5, 5.41) is 8.83. The van der Waals surface area contributed by atoms with Crippen molar-refractivity contribution in [2.24, 2.45) is 0 Å². The van der Waals surface area contributed by atoms with Gasteiger partial charge < -0.3 is 5.11 Å². The molecule has 0 saturated carbocycles. The molecule has 1 N–H and O–H groups in total. The van der Waals surface area contributed by atoms with Crippen molar-refractivity contribution in [2.75, 3.05) is 0 Å². The van der Waals surface area contributed by atoms with Crippen molar-refractivity contribution in [1.29, 1.82) is 0 Å². The maximum absolute atomic E-state index is 11.8. The van der Waals surface area contributed by atoms with Crippen molar-refractivity contribution >= 4 is 28.6 Å². The van der Waals surface area contributed by atoms with Crippen LogP contribution in [0.25, 0.3) is 0 Å². The van der Waals surface area contributed by atoms with Gasteiger partial charge in [-0.05, 0) is 34.7 Å². The van der Waals surface area contributed by atoms with Crippen LogP contribution in [0.1, 0.15) is 16.2 Å². The zero-order chi connectivity index (χ0) is 13.1. The molecule has 0 aliphatic heterocycles. The second-order valence-corrected chi connectivity index (χ2v) is 4.66. The van der Waals surface area contributed by atoms with Gasteiger partial charge in [0.1, 0.15) is 5.69 Å². The van der Waals surface area contributed by atoms with Crippen LogP contribution in [0.2, 0.25) is 0 Å². The second kappa shape index (κ2) is 5.25. The Morgan fingerprint density at radius 2 is 2.22 bits per heavy atom. The first-order valence-electron chi connectivity index (χ1n) is 4.97. The molecule has 0 atom stereocenters. The van der Waals surface area contributed by atoms with Crippen molar-refractivity contribution in [3.8, 4) is 0 Å². The van der Waals surface area contributed by atoms with E-state index in [4.69, 9.17) is 5.11 Å². The number of halogens is 1. The highest BCUT2D eigenvalue weighted by Crippen LogP contribution is 2.02. The molecule has 0 amide bonds. The van der Waals surface area contributed by atoms with Crippen LogP contribution in [0.4, 0.5) is 0 Å². The average Bonchev–Trinajstić information content (AvgIpc) is 2.35. The van der Waals surface area contributed by atoms with E-state index in [1.54, 1.807) is 12.1 Å². The standard InChI is InChI=1S/C11H8IN3O3/c12-8-4-13-6-15(10(8)16)5-7-2-1-3-9(14-7)11(17)18/h1-4,6H,5H2,(H,17,18). The molecule has 92 valence electrons. The number of hydrogen-bond donors (Lipinski definition) is 1. The fraction of sp³-hybridized carbons (Fsp3) is 0.0909. The smallest absolute Gasteiger partial charge is 0.354 e. The molecule has 0 spiro atoms. The molecule has 0 radical (unpaired) electrons. The minimum atomic E-state index is -1.09. The fourth-order valence-corrected chi connectivity index (χ4v) is 1.87. The summed E-state index contributed by atoms with van der Waals surface area (Å²) >= 11 is 1.90. The van der Waals surface area contributed by atoms with Crippen LogP contribution < -0.4 is 5.56 Å². The molecule has 0 aromatic carbocycles. The third-order valence-corrected chi connectivity index (χ3v) is 2.96. The van der Waals surface area contributed by atoms with Gasteiger partial charge in [0.25, 0.3) is 5.56 Å². The lowest BCUT2D eigenvalue weighted by Crippen LogP contribution is -2.23. The summed E-state index contributed by atoms with van der Waals surface area (Å²) in [6.07, 6.45) is 2.88. The predicted octanol–water partition coefficient (Wildman–Crippen LogP) is 0.989. The molecule has 18 heavy (non-hydrogen) atoms. The number of carboxylic acids is 1. The van der Waals surface area contributed by atoms with Gasteiger partial charge in [-0.3, -0.25) is 9.36 Å². The molecule has 0 fully saturated rings. The number of aromatic nitrogens is 3. The SMILES string of the molecule is O=C(O)c1cccc(Cn2cncc(I)c2=O)n1. The van der Waals surface area contributed by atoms with Gasteiger partial charge in [0.2, 0.25) is 0 Å². The van der Waals surface area contributed by atoms with E-state index in [2.05, 4.69) is 9.97 Å². The highest BCUT2D eigenvalue weighted by molar-refractivity contribution is 14.1. The van der Waals surface area contributed by atoms with E-state index >= 15 is 0 Å². The van der Waals surface area contributed by atoms with Gasteiger partial charge >= 0.3 is 5.97 Å². The fourth-order valence-electron chi connectivity index (χ4n) is 1.40. The Labute approximate surface area is 115 Å². The summed E-state index contributed by atoms with van der Waals surface area (Å²) in [4.78, 5) is 30.4. The van der Waals surface area contributed by atoms with E-state index in [-0.39, 0.29) is 17.8 Å². The van der Waals surface area contributed by atoms with Crippen molar-refractivity contribution in [1.82, 2.24) is 14.5 Å². The monoisotopic (exact) mass is 357 g/mol. The lowest BCUT2D eigenvalue weighted by Gasteiger charge is -2.05. The van der Waals surface area contributed by atoms with Gasteiger partial charge in [-0.25, -0.2) is 14.8 Å². The number of hydrogen-bond acceptors (Lipinski definition) is 4. The lowest BCUT2D eigenvalue weighted by molar-refractivity contribution is 0.0690. The largest absolute Gasteiger partial charge is 0.477 e. The Morgan fingerprint density at radius 3 is 2.94 bits per heavy atom. The highest BCUT2D eigenvalue weighted by atomic mass is 127. The van der Waals surface area contributed by atoms with Crippen molar-refractivity contribution in [3.05, 3.63) is 56.0 Å². The van der Waals surface area contributed by atoms with Gasteiger partial charge in [-0.2, -0.15) is 0 Å². The summed E-state index contributed by atoms with van der Waals surface area (Å²) in [5.41, 5.74) is 0.285. The van der Waals surface area contributed by atoms with Crippen molar-refractivity contribution < 1.29 is 9.90 Å². The van der Waals surface area contributed by atoms with Crippen LogP contribution in [0, 0.1) is 3.57 Å². The molecule has 0 bridgehead atoms. The predicted molar refractivity (Wildman–Crippen MR) is 71.5 cm³/mol. The molecule has 2 aromatic heterocycles. The van der Waals surface area contributed by atoms with Gasteiger partial charge in [0, 0.05) is 6.20 Å². The first-order chi connectivity index (χ1) is 8.58. The Balaban J connectivity index is 2.34. The Hall–Kier alpha value is -1.77. The molecule has 6 nitrogen and oxygen atoms in total. The minimum absolute atomic E-state index is 0.0425. The van der Waals surface area contributed by atoms with E-state index in [9.17, 15) is 9.59 Å². The van der Waals surface area contributed by atoms with E-state index in [1.165, 1.54) is 23.2 Å². The summed E-state index contributed by atoms with van der Waals surface area (Å²) in [6.45, 7) is 0.198. The number of carbonyl (C=O) groups is 1. The molecule has 7 heteroatoms. The van der Waals surface area contributed by atoms with E-state index < -0.39 is 5.97 Å². The summed E-state index contributed by atoms with van der Waals surface area (Å²) in [5.74, 6) is -1.09. The Morgan fingerprint density at radius 1 is 1.44 bits per heavy atom. The molecule has 2 aromatic rings. The van der Waals surface area contributed by atoms with Gasteiger partial charge in [-0.1, -0.05) is 6.07 Å². The number of nitrogens with zero attached hydrogens (tertiary/aromatic N) is 3. The van der Waals surface area contributed by atoms with Crippen LogP contribution in [0.5, 0.6) is 0 Å². The maximum Gasteiger partial charge on any atom is 0.354 e. The Kier molecular flexibility index (Phi) is 3.70. The summed E-state index contributed by atoms with van der Waals surface area (Å²) in [6, 6.07) is 4.67. The first-order valence-corrected chi connectivity index (χ1v) is 6.05. The third-order valence-electron chi connectivity index (χ3n) is 2.22. The van der Waals surface area contributed by atoms with Gasteiger partial charge in [-0.15, -0.1) is 0 Å². The molecule has 0 aliphatic rings. The highest BCUT2D eigenvalue weighted by Gasteiger charge is 2.07. The van der Waals surface area contributed by atoms with E-state index in [1.807, 2.05) is 22.6 Å². The minimum Gasteiger partial charge on any atom is -0.477 e. The van der Waals surface area contributed by atoms with Crippen molar-refractivity contribution in [2.45, 2.75) is 6.54 Å². The van der Waals surface area contributed by atoms with Gasteiger partial charge in [0.15, 0.2) is 0 Å². The molecule has 2 rings (SSSR count). The molecule has 0 saturated heterocycles. The second-order valence-electron chi connectivity index (χ2n) is 3.49. The zero-order valence-electron chi connectivity index (χ0n) is 9.08. The van der Waals surface area contributed by atoms with Crippen LogP contribution in [-0.4, -0.2) is 25.6 Å². The van der Waals surface area contributed by atoms with Crippen molar-refractivity contribution in [3.63, 3.8) is 0 Å². The first kappa shape index (κ1) is 12.7. The van der Waals surface area contributed by atoms with E-state index in [0.29, 0.717) is 9.26 Å². The number of aromatic carboxylic acids is 1. The summed E-state index contributed by atoms with van der Waals surface area (Å²) < 4.78 is 1.89. The average molecular weight is 357 g/mol. The molecular weight excluding hydrogens is 349 g/mol. The number of rotatable bonds is 3.